The van der Waals surface area contributed by atoms with Crippen LogP contribution in [0, 0.1) is 0 Å². The van der Waals surface area contributed by atoms with Crippen LogP contribution >= 0.6 is 0 Å². The number of hydrogen-bond acceptors (Lipinski definition) is 4. The maximum atomic E-state index is 11.0. The Bertz CT molecular complexity index is 325. The molecule has 1 unspecified atom stereocenters. The first kappa shape index (κ1) is 13.6. The van der Waals surface area contributed by atoms with Gasteiger partial charge in [0.1, 0.15) is 6.79 Å². The number of hydrogen-bond donors (Lipinski definition) is 1. The molecule has 1 aromatic rings. The fourth-order valence-corrected chi connectivity index (χ4v) is 1.26. The van der Waals surface area contributed by atoms with Crippen LogP contribution in [0.5, 0.6) is 0 Å². The van der Waals surface area contributed by atoms with Crippen molar-refractivity contribution >= 4 is 5.97 Å². The van der Waals surface area contributed by atoms with Crippen LogP contribution in [-0.2, 0) is 19.0 Å². The maximum absolute atomic E-state index is 11.0. The molecule has 0 fully saturated rings. The topological polar surface area (TPSA) is 65.0 Å². The predicted octanol–water partition coefficient (Wildman–Crippen LogP) is 1.45. The van der Waals surface area contributed by atoms with E-state index in [0.717, 1.165) is 0 Å². The summed E-state index contributed by atoms with van der Waals surface area (Å²) >= 11 is 0. The average Bonchev–Trinajstić information content (AvgIpc) is 2.34. The molecule has 5 heteroatoms. The molecule has 0 bridgehead atoms. The third kappa shape index (κ3) is 4.95. The molecule has 94 valence electrons. The van der Waals surface area contributed by atoms with Crippen molar-refractivity contribution in [3.8, 4) is 0 Å². The number of benzene rings is 1. The highest BCUT2D eigenvalue weighted by atomic mass is 16.7. The van der Waals surface area contributed by atoms with E-state index in [-0.39, 0.29) is 6.79 Å². The zero-order valence-electron chi connectivity index (χ0n) is 9.67. The summed E-state index contributed by atoms with van der Waals surface area (Å²) in [6, 6.07) is 8.75. The number of aliphatic carboxylic acids is 1. The highest BCUT2D eigenvalue weighted by Crippen LogP contribution is 2.16. The summed E-state index contributed by atoms with van der Waals surface area (Å²) in [4.78, 5) is 11.0. The molecule has 5 nitrogen and oxygen atoms in total. The molecule has 0 aliphatic rings. The first-order chi connectivity index (χ1) is 8.25. The van der Waals surface area contributed by atoms with Crippen LogP contribution in [0.1, 0.15) is 11.7 Å². The molecule has 1 atom stereocenters. The summed E-state index contributed by atoms with van der Waals surface area (Å²) in [6.07, 6.45) is -1.00. The fourth-order valence-electron chi connectivity index (χ4n) is 1.26. The number of ether oxygens (including phenoxy) is 3. The van der Waals surface area contributed by atoms with Crippen molar-refractivity contribution in [2.75, 3.05) is 27.1 Å². The van der Waals surface area contributed by atoms with Crippen molar-refractivity contribution in [3.05, 3.63) is 35.9 Å². The standard InChI is InChI=1S/C12H16O5/c1-15-7-8-16-9-17-11(12(13)14)10-5-3-2-4-6-10/h2-6,11H,7-9H2,1H3,(H,13,14). The van der Waals surface area contributed by atoms with Crippen molar-refractivity contribution in [2.45, 2.75) is 6.10 Å². The Labute approximate surface area is 99.9 Å². The van der Waals surface area contributed by atoms with Crippen molar-refractivity contribution in [3.63, 3.8) is 0 Å². The van der Waals surface area contributed by atoms with Gasteiger partial charge in [-0.25, -0.2) is 4.79 Å². The van der Waals surface area contributed by atoms with Crippen LogP contribution in [0.15, 0.2) is 30.3 Å². The molecule has 0 aliphatic carbocycles. The summed E-state index contributed by atoms with van der Waals surface area (Å²) in [7, 11) is 1.56. The Balaban J connectivity index is 2.42. The first-order valence-corrected chi connectivity index (χ1v) is 5.21. The minimum absolute atomic E-state index is 0.0742. The first-order valence-electron chi connectivity index (χ1n) is 5.21. The van der Waals surface area contributed by atoms with Gasteiger partial charge in [0.05, 0.1) is 13.2 Å². The van der Waals surface area contributed by atoms with Crippen molar-refractivity contribution in [2.24, 2.45) is 0 Å². The fraction of sp³-hybridized carbons (Fsp3) is 0.417. The predicted molar refractivity (Wildman–Crippen MR) is 60.6 cm³/mol. The molecule has 0 aliphatic heterocycles. The van der Waals surface area contributed by atoms with Crippen LogP contribution in [-0.4, -0.2) is 38.2 Å². The van der Waals surface area contributed by atoms with E-state index in [9.17, 15) is 4.79 Å². The number of rotatable bonds is 8. The summed E-state index contributed by atoms with van der Waals surface area (Å²) in [5.74, 6) is -1.04. The Morgan fingerprint density at radius 2 is 2.00 bits per heavy atom. The Morgan fingerprint density at radius 1 is 1.29 bits per heavy atom. The lowest BCUT2D eigenvalue weighted by Crippen LogP contribution is -2.17. The molecule has 0 spiro atoms. The van der Waals surface area contributed by atoms with Gasteiger partial charge >= 0.3 is 5.97 Å². The Morgan fingerprint density at radius 3 is 2.59 bits per heavy atom. The zero-order chi connectivity index (χ0) is 12.5. The molecule has 1 rings (SSSR count). The molecule has 0 amide bonds. The SMILES string of the molecule is COCCOCOC(C(=O)O)c1ccccc1. The summed E-state index contributed by atoms with van der Waals surface area (Å²) < 4.78 is 15.0. The molecule has 0 saturated heterocycles. The second-order valence-electron chi connectivity index (χ2n) is 3.31. The largest absolute Gasteiger partial charge is 0.479 e. The monoisotopic (exact) mass is 240 g/mol. The number of carboxylic acids is 1. The lowest BCUT2D eigenvalue weighted by molar-refractivity contribution is -0.162. The lowest BCUT2D eigenvalue weighted by Gasteiger charge is -2.13. The van der Waals surface area contributed by atoms with E-state index >= 15 is 0 Å². The summed E-state index contributed by atoms with van der Waals surface area (Å²) in [6.45, 7) is 0.749. The van der Waals surface area contributed by atoms with Gasteiger partial charge in [0.15, 0.2) is 6.10 Å². The number of carboxylic acid groups (broad SMARTS) is 1. The zero-order valence-corrected chi connectivity index (χ0v) is 9.67. The second-order valence-corrected chi connectivity index (χ2v) is 3.31. The average molecular weight is 240 g/mol. The third-order valence-electron chi connectivity index (χ3n) is 2.08. The molecular weight excluding hydrogens is 224 g/mol. The van der Waals surface area contributed by atoms with Crippen molar-refractivity contribution in [1.82, 2.24) is 0 Å². The normalized spacial score (nSPS) is 12.3. The minimum atomic E-state index is -1.04. The maximum Gasteiger partial charge on any atom is 0.337 e. The highest BCUT2D eigenvalue weighted by Gasteiger charge is 2.19. The lowest BCUT2D eigenvalue weighted by atomic mass is 10.1. The van der Waals surface area contributed by atoms with Gasteiger partial charge in [0, 0.05) is 7.11 Å². The van der Waals surface area contributed by atoms with Crippen LogP contribution in [0.3, 0.4) is 0 Å². The van der Waals surface area contributed by atoms with E-state index in [4.69, 9.17) is 19.3 Å². The van der Waals surface area contributed by atoms with Crippen LogP contribution < -0.4 is 0 Å². The Hall–Kier alpha value is -1.43. The van der Waals surface area contributed by atoms with Gasteiger partial charge in [-0.05, 0) is 5.56 Å². The van der Waals surface area contributed by atoms with Gasteiger partial charge in [-0.3, -0.25) is 0 Å². The highest BCUT2D eigenvalue weighted by molar-refractivity contribution is 5.74. The van der Waals surface area contributed by atoms with Crippen LogP contribution in [0.25, 0.3) is 0 Å². The van der Waals surface area contributed by atoms with Gasteiger partial charge in [-0.15, -0.1) is 0 Å². The molecule has 1 aromatic carbocycles. The van der Waals surface area contributed by atoms with Crippen molar-refractivity contribution < 1.29 is 24.1 Å². The second kappa shape index (κ2) is 7.78. The number of methoxy groups -OCH3 is 1. The van der Waals surface area contributed by atoms with Gasteiger partial charge in [-0.2, -0.15) is 0 Å². The van der Waals surface area contributed by atoms with E-state index in [1.54, 1.807) is 31.4 Å². The molecule has 0 aromatic heterocycles. The van der Waals surface area contributed by atoms with Crippen molar-refractivity contribution in [1.29, 1.82) is 0 Å². The van der Waals surface area contributed by atoms with Gasteiger partial charge in [0.25, 0.3) is 0 Å². The smallest absolute Gasteiger partial charge is 0.337 e. The molecule has 1 N–H and O–H groups in total. The quantitative estimate of drug-likeness (QED) is 0.550. The Kier molecular flexibility index (Phi) is 6.24. The summed E-state index contributed by atoms with van der Waals surface area (Å²) in [5, 5.41) is 9.02. The molecular formula is C12H16O5. The summed E-state index contributed by atoms with van der Waals surface area (Å²) in [5.41, 5.74) is 0.593. The van der Waals surface area contributed by atoms with Gasteiger partial charge < -0.3 is 19.3 Å². The number of carbonyl (C=O) groups is 1. The van der Waals surface area contributed by atoms with E-state index in [2.05, 4.69) is 0 Å². The minimum Gasteiger partial charge on any atom is -0.479 e. The third-order valence-corrected chi connectivity index (χ3v) is 2.08. The molecule has 0 radical (unpaired) electrons. The molecule has 0 saturated carbocycles. The van der Waals surface area contributed by atoms with Gasteiger partial charge in [-0.1, -0.05) is 30.3 Å². The van der Waals surface area contributed by atoms with E-state index in [1.807, 2.05) is 6.07 Å². The van der Waals surface area contributed by atoms with E-state index in [0.29, 0.717) is 18.8 Å². The van der Waals surface area contributed by atoms with E-state index < -0.39 is 12.1 Å². The van der Waals surface area contributed by atoms with Gasteiger partial charge in [0.2, 0.25) is 0 Å². The van der Waals surface area contributed by atoms with Crippen LogP contribution in [0.2, 0.25) is 0 Å². The molecule has 0 heterocycles. The van der Waals surface area contributed by atoms with E-state index in [1.165, 1.54) is 0 Å². The van der Waals surface area contributed by atoms with Crippen LogP contribution in [0.4, 0.5) is 0 Å². The molecule has 17 heavy (non-hydrogen) atoms.